The van der Waals surface area contributed by atoms with Crippen LogP contribution in [0.15, 0.2) is 47.5 Å². The summed E-state index contributed by atoms with van der Waals surface area (Å²) in [6.45, 7) is 0.436. The zero-order valence-electron chi connectivity index (χ0n) is 10.8. The molecule has 0 amide bonds. The van der Waals surface area contributed by atoms with E-state index in [1.54, 1.807) is 12.1 Å². The third kappa shape index (κ3) is 2.14. The Labute approximate surface area is 116 Å². The number of Topliss-reactive ketones (excluding diaryl/α,β-unsaturated/α-hetero) is 1. The van der Waals surface area contributed by atoms with E-state index in [0.29, 0.717) is 12.1 Å². The van der Waals surface area contributed by atoms with Gasteiger partial charge in [0.1, 0.15) is 12.4 Å². The molecule has 0 aliphatic carbocycles. The lowest BCUT2D eigenvalue weighted by atomic mass is 9.92. The van der Waals surface area contributed by atoms with Crippen molar-refractivity contribution in [3.63, 3.8) is 0 Å². The Bertz CT molecular complexity index is 722. The molecule has 0 radical (unpaired) electrons. The number of ketones is 1. The summed E-state index contributed by atoms with van der Waals surface area (Å²) in [6, 6.07) is 11.8. The third-order valence-electron chi connectivity index (χ3n) is 3.40. The quantitative estimate of drug-likeness (QED) is 0.909. The molecular weight excluding hydrogens is 255 g/mol. The first-order chi connectivity index (χ1) is 9.69. The van der Waals surface area contributed by atoms with Crippen molar-refractivity contribution in [3.05, 3.63) is 59.4 Å². The van der Waals surface area contributed by atoms with Gasteiger partial charge in [0.15, 0.2) is 5.78 Å². The van der Waals surface area contributed by atoms with Crippen LogP contribution in [0.25, 0.3) is 11.1 Å². The molecule has 1 aliphatic rings. The number of benzene rings is 2. The van der Waals surface area contributed by atoms with Gasteiger partial charge in [0.25, 0.3) is 0 Å². The summed E-state index contributed by atoms with van der Waals surface area (Å²) in [5, 5.41) is 0. The molecule has 0 unspecified atom stereocenters. The van der Waals surface area contributed by atoms with E-state index in [2.05, 4.69) is 4.99 Å². The average Bonchev–Trinajstić information content (AvgIpc) is 2.47. The molecule has 1 heterocycles. The van der Waals surface area contributed by atoms with E-state index in [9.17, 15) is 9.18 Å². The van der Waals surface area contributed by atoms with Gasteiger partial charge < -0.3 is 5.73 Å². The number of halogens is 1. The largest absolute Gasteiger partial charge is 0.325 e. The van der Waals surface area contributed by atoms with Crippen LogP contribution < -0.4 is 5.73 Å². The molecule has 0 bridgehead atoms. The second kappa shape index (κ2) is 4.98. The number of nitrogens with two attached hydrogens (primary N) is 1. The zero-order valence-corrected chi connectivity index (χ0v) is 10.8. The molecule has 1 aliphatic heterocycles. The highest BCUT2D eigenvalue weighted by Crippen LogP contribution is 2.25. The molecule has 2 aromatic rings. The summed E-state index contributed by atoms with van der Waals surface area (Å²) in [4.78, 5) is 16.1. The maximum Gasteiger partial charge on any atom is 0.184 e. The standard InChI is InChI=1S/C16H13FN2O/c17-12-3-1-2-10(6-12)11-4-5-13-14(7-11)16(20)9-19-15(13)8-18/h1-7H,8-9,18H2. The number of aliphatic imine (C=N–C) groups is 1. The predicted octanol–water partition coefficient (Wildman–Crippen LogP) is 2.44. The highest BCUT2D eigenvalue weighted by atomic mass is 19.1. The van der Waals surface area contributed by atoms with Gasteiger partial charge in [-0.05, 0) is 29.3 Å². The monoisotopic (exact) mass is 268 g/mol. The smallest absolute Gasteiger partial charge is 0.184 e. The molecule has 0 saturated heterocycles. The molecule has 0 saturated carbocycles. The van der Waals surface area contributed by atoms with Gasteiger partial charge in [0.2, 0.25) is 0 Å². The molecule has 0 aromatic heterocycles. The van der Waals surface area contributed by atoms with Gasteiger partial charge in [-0.2, -0.15) is 0 Å². The van der Waals surface area contributed by atoms with Crippen LogP contribution in [0.5, 0.6) is 0 Å². The van der Waals surface area contributed by atoms with Crippen molar-refractivity contribution < 1.29 is 9.18 Å². The Morgan fingerprint density at radius 3 is 2.65 bits per heavy atom. The Morgan fingerprint density at radius 2 is 1.90 bits per heavy atom. The number of hydrogen-bond acceptors (Lipinski definition) is 3. The number of fused-ring (bicyclic) bond motifs is 1. The molecule has 3 nitrogen and oxygen atoms in total. The summed E-state index contributed by atoms with van der Waals surface area (Å²) >= 11 is 0. The van der Waals surface area contributed by atoms with Gasteiger partial charge in [-0.1, -0.05) is 24.3 Å². The minimum absolute atomic E-state index is 0.0320. The summed E-state index contributed by atoms with van der Waals surface area (Å²) in [6.07, 6.45) is 0. The average molecular weight is 268 g/mol. The second-order valence-electron chi connectivity index (χ2n) is 4.66. The Hall–Kier alpha value is -2.33. The summed E-state index contributed by atoms with van der Waals surface area (Å²) < 4.78 is 13.3. The second-order valence-corrected chi connectivity index (χ2v) is 4.66. The van der Waals surface area contributed by atoms with E-state index in [1.807, 2.05) is 18.2 Å². The van der Waals surface area contributed by atoms with Crippen LogP contribution >= 0.6 is 0 Å². The van der Waals surface area contributed by atoms with Crippen LogP contribution in [0.2, 0.25) is 0 Å². The fourth-order valence-electron chi connectivity index (χ4n) is 2.39. The maximum absolute atomic E-state index is 13.3. The van der Waals surface area contributed by atoms with E-state index >= 15 is 0 Å². The van der Waals surface area contributed by atoms with Crippen molar-refractivity contribution in [3.8, 4) is 11.1 Å². The maximum atomic E-state index is 13.3. The van der Waals surface area contributed by atoms with Crippen molar-refractivity contribution in [2.45, 2.75) is 0 Å². The normalized spacial score (nSPS) is 13.9. The van der Waals surface area contributed by atoms with Gasteiger partial charge in [0, 0.05) is 17.7 Å². The Balaban J connectivity index is 2.12. The minimum Gasteiger partial charge on any atom is -0.325 e. The molecule has 4 heteroatoms. The zero-order chi connectivity index (χ0) is 14.1. The topological polar surface area (TPSA) is 55.4 Å². The highest BCUT2D eigenvalue weighted by Gasteiger charge is 2.20. The van der Waals surface area contributed by atoms with Crippen LogP contribution in [-0.4, -0.2) is 24.6 Å². The lowest BCUT2D eigenvalue weighted by molar-refractivity contribution is 0.1000. The first kappa shape index (κ1) is 12.7. The van der Waals surface area contributed by atoms with Crippen molar-refractivity contribution in [1.82, 2.24) is 0 Å². The van der Waals surface area contributed by atoms with E-state index in [1.165, 1.54) is 12.1 Å². The van der Waals surface area contributed by atoms with Gasteiger partial charge in [-0.3, -0.25) is 9.79 Å². The number of hydrogen-bond donors (Lipinski definition) is 1. The third-order valence-corrected chi connectivity index (χ3v) is 3.40. The van der Waals surface area contributed by atoms with Crippen molar-refractivity contribution in [2.24, 2.45) is 10.7 Å². The van der Waals surface area contributed by atoms with E-state index in [4.69, 9.17) is 5.73 Å². The van der Waals surface area contributed by atoms with E-state index in [-0.39, 0.29) is 18.1 Å². The summed E-state index contributed by atoms with van der Waals surface area (Å²) in [5.74, 6) is -0.328. The fourth-order valence-corrected chi connectivity index (χ4v) is 2.39. The molecule has 0 fully saturated rings. The van der Waals surface area contributed by atoms with Crippen LogP contribution in [-0.2, 0) is 0 Å². The molecule has 0 spiro atoms. The number of carbonyl (C=O) groups is 1. The fraction of sp³-hybridized carbons (Fsp3) is 0.125. The molecule has 20 heavy (non-hydrogen) atoms. The van der Waals surface area contributed by atoms with Gasteiger partial charge in [-0.25, -0.2) is 4.39 Å². The molecule has 3 rings (SSSR count). The van der Waals surface area contributed by atoms with Crippen molar-refractivity contribution in [1.29, 1.82) is 0 Å². The van der Waals surface area contributed by atoms with E-state index < -0.39 is 0 Å². The Morgan fingerprint density at radius 1 is 1.10 bits per heavy atom. The van der Waals surface area contributed by atoms with Crippen LogP contribution in [0.4, 0.5) is 4.39 Å². The van der Waals surface area contributed by atoms with Crippen molar-refractivity contribution in [2.75, 3.05) is 13.1 Å². The molecule has 2 aromatic carbocycles. The first-order valence-electron chi connectivity index (χ1n) is 6.36. The number of carbonyl (C=O) groups excluding carboxylic acids is 1. The number of nitrogens with zero attached hydrogens (tertiary/aromatic N) is 1. The molecule has 100 valence electrons. The Kier molecular flexibility index (Phi) is 3.16. The van der Waals surface area contributed by atoms with Gasteiger partial charge in [0.05, 0.1) is 5.71 Å². The van der Waals surface area contributed by atoms with Gasteiger partial charge >= 0.3 is 0 Å². The first-order valence-corrected chi connectivity index (χ1v) is 6.36. The molecule has 0 atom stereocenters. The van der Waals surface area contributed by atoms with Gasteiger partial charge in [-0.15, -0.1) is 0 Å². The van der Waals surface area contributed by atoms with Crippen LogP contribution in [0, 0.1) is 5.82 Å². The summed E-state index contributed by atoms with van der Waals surface area (Å²) in [5.41, 5.74) is 9.34. The van der Waals surface area contributed by atoms with Crippen LogP contribution in [0.3, 0.4) is 0 Å². The van der Waals surface area contributed by atoms with E-state index in [0.717, 1.165) is 22.4 Å². The predicted molar refractivity (Wildman–Crippen MR) is 76.6 cm³/mol. The minimum atomic E-state index is -0.296. The lowest BCUT2D eigenvalue weighted by Crippen LogP contribution is -2.24. The molecule has 2 N–H and O–H groups in total. The summed E-state index contributed by atoms with van der Waals surface area (Å²) in [7, 11) is 0. The van der Waals surface area contributed by atoms with Crippen LogP contribution in [0.1, 0.15) is 15.9 Å². The number of rotatable bonds is 2. The highest BCUT2D eigenvalue weighted by molar-refractivity contribution is 6.16. The molecular formula is C16H13FN2O. The SMILES string of the molecule is NCC1=NCC(=O)c2cc(-c3cccc(F)c3)ccc21. The van der Waals surface area contributed by atoms with Crippen molar-refractivity contribution >= 4 is 11.5 Å². The lowest BCUT2D eigenvalue weighted by Gasteiger charge is -2.16.